The van der Waals surface area contributed by atoms with Crippen LogP contribution >= 0.6 is 0 Å². The SMILES string of the molecule is CC(C)c1ccn(-c2ccccc2[C@H](C)O)n1. The van der Waals surface area contributed by atoms with Gasteiger partial charge < -0.3 is 5.11 Å². The number of nitrogens with zero attached hydrogens (tertiary/aromatic N) is 2. The Kier molecular flexibility index (Phi) is 3.29. The molecular formula is C14H18N2O. The van der Waals surface area contributed by atoms with Gasteiger partial charge in [0.15, 0.2) is 0 Å². The average Bonchev–Trinajstić information content (AvgIpc) is 2.78. The van der Waals surface area contributed by atoms with Gasteiger partial charge in [-0.3, -0.25) is 0 Å². The van der Waals surface area contributed by atoms with Crippen LogP contribution in [-0.4, -0.2) is 14.9 Å². The quantitative estimate of drug-likeness (QED) is 0.880. The highest BCUT2D eigenvalue weighted by molar-refractivity contribution is 5.41. The van der Waals surface area contributed by atoms with Gasteiger partial charge in [-0.1, -0.05) is 32.0 Å². The summed E-state index contributed by atoms with van der Waals surface area (Å²) < 4.78 is 1.83. The van der Waals surface area contributed by atoms with Crippen LogP contribution in [0.3, 0.4) is 0 Å². The first-order chi connectivity index (χ1) is 8.09. The first kappa shape index (κ1) is 11.9. The highest BCUT2D eigenvalue weighted by atomic mass is 16.3. The van der Waals surface area contributed by atoms with Crippen molar-refractivity contribution in [2.75, 3.05) is 0 Å². The lowest BCUT2D eigenvalue weighted by molar-refractivity contribution is 0.199. The second-order valence-corrected chi connectivity index (χ2v) is 4.57. The molecule has 0 spiro atoms. The van der Waals surface area contributed by atoms with Gasteiger partial charge >= 0.3 is 0 Å². The van der Waals surface area contributed by atoms with Crippen molar-refractivity contribution in [2.24, 2.45) is 0 Å². The Morgan fingerprint density at radius 3 is 2.41 bits per heavy atom. The van der Waals surface area contributed by atoms with Gasteiger partial charge in [0.05, 0.1) is 17.5 Å². The predicted molar refractivity (Wildman–Crippen MR) is 68.3 cm³/mol. The van der Waals surface area contributed by atoms with Gasteiger partial charge in [0.2, 0.25) is 0 Å². The molecule has 3 heteroatoms. The van der Waals surface area contributed by atoms with Crippen LogP contribution in [0, 0.1) is 0 Å². The Hall–Kier alpha value is -1.61. The molecule has 0 fully saturated rings. The Bertz CT molecular complexity index is 500. The van der Waals surface area contributed by atoms with E-state index >= 15 is 0 Å². The summed E-state index contributed by atoms with van der Waals surface area (Å²) in [7, 11) is 0. The molecule has 3 nitrogen and oxygen atoms in total. The van der Waals surface area contributed by atoms with Crippen LogP contribution < -0.4 is 0 Å². The minimum absolute atomic E-state index is 0.412. The zero-order chi connectivity index (χ0) is 12.4. The number of aliphatic hydroxyl groups excluding tert-OH is 1. The fraction of sp³-hybridized carbons (Fsp3) is 0.357. The number of aliphatic hydroxyl groups is 1. The number of para-hydroxylation sites is 1. The van der Waals surface area contributed by atoms with Crippen LogP contribution in [0.15, 0.2) is 36.5 Å². The third-order valence-electron chi connectivity index (χ3n) is 2.83. The van der Waals surface area contributed by atoms with Crippen molar-refractivity contribution in [3.63, 3.8) is 0 Å². The van der Waals surface area contributed by atoms with E-state index in [1.807, 2.05) is 41.2 Å². The Morgan fingerprint density at radius 1 is 1.12 bits per heavy atom. The number of hydrogen-bond donors (Lipinski definition) is 1. The van der Waals surface area contributed by atoms with Crippen molar-refractivity contribution in [1.82, 2.24) is 9.78 Å². The molecule has 1 aromatic carbocycles. The monoisotopic (exact) mass is 230 g/mol. The highest BCUT2D eigenvalue weighted by Crippen LogP contribution is 2.22. The summed E-state index contributed by atoms with van der Waals surface area (Å²) in [6.45, 7) is 6.01. The molecule has 1 heterocycles. The van der Waals surface area contributed by atoms with Crippen LogP contribution in [0.4, 0.5) is 0 Å². The minimum atomic E-state index is -0.488. The molecule has 2 aromatic rings. The Balaban J connectivity index is 2.45. The van der Waals surface area contributed by atoms with Gasteiger partial charge in [-0.25, -0.2) is 4.68 Å². The Labute approximate surface area is 102 Å². The Morgan fingerprint density at radius 2 is 1.82 bits per heavy atom. The smallest absolute Gasteiger partial charge is 0.0782 e. The van der Waals surface area contributed by atoms with Crippen LogP contribution in [0.1, 0.15) is 44.1 Å². The first-order valence-electron chi connectivity index (χ1n) is 5.92. The van der Waals surface area contributed by atoms with E-state index in [2.05, 4.69) is 18.9 Å². The van der Waals surface area contributed by atoms with Crippen molar-refractivity contribution in [3.05, 3.63) is 47.8 Å². The molecule has 90 valence electrons. The van der Waals surface area contributed by atoms with E-state index in [0.29, 0.717) is 5.92 Å². The summed E-state index contributed by atoms with van der Waals surface area (Å²) in [5.41, 5.74) is 2.89. The number of aromatic nitrogens is 2. The number of hydrogen-bond acceptors (Lipinski definition) is 2. The molecule has 1 atom stereocenters. The average molecular weight is 230 g/mol. The minimum Gasteiger partial charge on any atom is -0.389 e. The standard InChI is InChI=1S/C14H18N2O/c1-10(2)13-8-9-16(15-13)14-7-5-4-6-12(14)11(3)17/h4-11,17H,1-3H3/t11-/m0/s1. The van der Waals surface area contributed by atoms with E-state index in [0.717, 1.165) is 16.9 Å². The van der Waals surface area contributed by atoms with Crippen molar-refractivity contribution in [2.45, 2.75) is 32.8 Å². The van der Waals surface area contributed by atoms with E-state index in [-0.39, 0.29) is 0 Å². The van der Waals surface area contributed by atoms with Crippen molar-refractivity contribution >= 4 is 0 Å². The summed E-state index contributed by atoms with van der Waals surface area (Å²) in [5, 5.41) is 14.3. The molecule has 2 rings (SSSR count). The lowest BCUT2D eigenvalue weighted by Gasteiger charge is -2.11. The highest BCUT2D eigenvalue weighted by Gasteiger charge is 2.10. The fourth-order valence-corrected chi connectivity index (χ4v) is 1.83. The maximum Gasteiger partial charge on any atom is 0.0782 e. The topological polar surface area (TPSA) is 38.0 Å². The van der Waals surface area contributed by atoms with Crippen molar-refractivity contribution in [3.8, 4) is 5.69 Å². The fourth-order valence-electron chi connectivity index (χ4n) is 1.83. The van der Waals surface area contributed by atoms with Gasteiger partial charge in [0.25, 0.3) is 0 Å². The lowest BCUT2D eigenvalue weighted by atomic mass is 10.1. The van der Waals surface area contributed by atoms with Crippen molar-refractivity contribution < 1.29 is 5.11 Å². The third kappa shape index (κ3) is 2.39. The molecule has 0 radical (unpaired) electrons. The summed E-state index contributed by atoms with van der Waals surface area (Å²) >= 11 is 0. The summed E-state index contributed by atoms with van der Waals surface area (Å²) in [6, 6.07) is 9.80. The molecule has 0 aliphatic carbocycles. The third-order valence-corrected chi connectivity index (χ3v) is 2.83. The van der Waals surface area contributed by atoms with E-state index in [9.17, 15) is 5.11 Å². The first-order valence-corrected chi connectivity index (χ1v) is 5.92. The predicted octanol–water partition coefficient (Wildman–Crippen LogP) is 3.05. The molecule has 0 bridgehead atoms. The van der Waals surface area contributed by atoms with Gasteiger partial charge in [0.1, 0.15) is 0 Å². The van der Waals surface area contributed by atoms with Gasteiger partial charge in [0, 0.05) is 11.8 Å². The van der Waals surface area contributed by atoms with E-state index < -0.39 is 6.10 Å². The van der Waals surface area contributed by atoms with E-state index in [1.54, 1.807) is 6.92 Å². The zero-order valence-corrected chi connectivity index (χ0v) is 10.5. The molecule has 0 aliphatic heterocycles. The van der Waals surface area contributed by atoms with Crippen LogP contribution in [0.25, 0.3) is 5.69 Å². The zero-order valence-electron chi connectivity index (χ0n) is 10.5. The van der Waals surface area contributed by atoms with Gasteiger partial charge in [-0.05, 0) is 25.0 Å². The molecule has 1 aromatic heterocycles. The van der Waals surface area contributed by atoms with Crippen LogP contribution in [0.5, 0.6) is 0 Å². The molecule has 0 amide bonds. The molecule has 0 saturated carbocycles. The van der Waals surface area contributed by atoms with Gasteiger partial charge in [-0.2, -0.15) is 5.10 Å². The molecular weight excluding hydrogens is 212 g/mol. The number of benzene rings is 1. The van der Waals surface area contributed by atoms with Crippen molar-refractivity contribution in [1.29, 1.82) is 0 Å². The molecule has 17 heavy (non-hydrogen) atoms. The summed E-state index contributed by atoms with van der Waals surface area (Å²) in [4.78, 5) is 0. The molecule has 0 unspecified atom stereocenters. The number of rotatable bonds is 3. The maximum atomic E-state index is 9.74. The van der Waals surface area contributed by atoms with E-state index in [1.165, 1.54) is 0 Å². The lowest BCUT2D eigenvalue weighted by Crippen LogP contribution is -2.03. The van der Waals surface area contributed by atoms with Crippen LogP contribution in [-0.2, 0) is 0 Å². The second kappa shape index (κ2) is 4.72. The molecule has 0 saturated heterocycles. The molecule has 1 N–H and O–H groups in total. The van der Waals surface area contributed by atoms with Crippen LogP contribution in [0.2, 0.25) is 0 Å². The summed E-state index contributed by atoms with van der Waals surface area (Å²) in [5.74, 6) is 0.412. The second-order valence-electron chi connectivity index (χ2n) is 4.57. The molecule has 0 aliphatic rings. The van der Waals surface area contributed by atoms with Gasteiger partial charge in [-0.15, -0.1) is 0 Å². The van der Waals surface area contributed by atoms with E-state index in [4.69, 9.17) is 0 Å². The maximum absolute atomic E-state index is 9.74. The summed E-state index contributed by atoms with van der Waals surface area (Å²) in [6.07, 6.45) is 1.45. The normalized spacial score (nSPS) is 13.0. The largest absolute Gasteiger partial charge is 0.389 e.